The zero-order valence-electron chi connectivity index (χ0n) is 9.81. The average Bonchev–Trinajstić information content (AvgIpc) is 2.65. The molecule has 1 atom stereocenters. The standard InChI is InChI=1S/C13H16N2O/c1-10-6-4-5-7-11(10)13(2,16)12-8-9-14-15(12)3/h4-9,16H,1-3H3. The van der Waals surface area contributed by atoms with Gasteiger partial charge in [0, 0.05) is 13.2 Å². The van der Waals surface area contributed by atoms with Crippen molar-refractivity contribution in [1.82, 2.24) is 9.78 Å². The molecule has 0 spiro atoms. The molecule has 84 valence electrons. The van der Waals surface area contributed by atoms with Gasteiger partial charge in [-0.2, -0.15) is 5.10 Å². The van der Waals surface area contributed by atoms with E-state index in [9.17, 15) is 5.11 Å². The van der Waals surface area contributed by atoms with E-state index in [1.165, 1.54) is 0 Å². The summed E-state index contributed by atoms with van der Waals surface area (Å²) in [6, 6.07) is 9.69. The number of rotatable bonds is 2. The lowest BCUT2D eigenvalue weighted by Gasteiger charge is -2.25. The zero-order chi connectivity index (χ0) is 11.8. The normalized spacial score (nSPS) is 14.8. The maximum Gasteiger partial charge on any atom is 0.129 e. The van der Waals surface area contributed by atoms with Crippen molar-refractivity contribution in [3.8, 4) is 0 Å². The summed E-state index contributed by atoms with van der Waals surface area (Å²) in [7, 11) is 1.84. The van der Waals surface area contributed by atoms with Crippen LogP contribution in [-0.2, 0) is 12.6 Å². The molecule has 0 aliphatic heterocycles. The molecule has 0 saturated carbocycles. The van der Waals surface area contributed by atoms with Gasteiger partial charge in [-0.15, -0.1) is 0 Å². The highest BCUT2D eigenvalue weighted by molar-refractivity contribution is 5.36. The lowest BCUT2D eigenvalue weighted by molar-refractivity contribution is 0.0922. The first kappa shape index (κ1) is 10.9. The Morgan fingerprint density at radius 1 is 1.25 bits per heavy atom. The average molecular weight is 216 g/mol. The summed E-state index contributed by atoms with van der Waals surface area (Å²) in [6.45, 7) is 3.80. The van der Waals surface area contributed by atoms with Crippen molar-refractivity contribution in [3.05, 3.63) is 53.3 Å². The Hall–Kier alpha value is -1.61. The second-order valence-electron chi connectivity index (χ2n) is 4.23. The third-order valence-electron chi connectivity index (χ3n) is 2.99. The fourth-order valence-corrected chi connectivity index (χ4v) is 2.11. The van der Waals surface area contributed by atoms with Crippen LogP contribution in [0.2, 0.25) is 0 Å². The fraction of sp³-hybridized carbons (Fsp3) is 0.308. The maximum absolute atomic E-state index is 10.6. The maximum atomic E-state index is 10.6. The Morgan fingerprint density at radius 3 is 2.50 bits per heavy atom. The zero-order valence-corrected chi connectivity index (χ0v) is 9.81. The topological polar surface area (TPSA) is 38.1 Å². The Bertz CT molecular complexity index is 500. The summed E-state index contributed by atoms with van der Waals surface area (Å²) in [5.41, 5.74) is 1.78. The van der Waals surface area contributed by atoms with Crippen molar-refractivity contribution in [2.24, 2.45) is 7.05 Å². The quantitative estimate of drug-likeness (QED) is 0.833. The Kier molecular flexibility index (Phi) is 2.56. The monoisotopic (exact) mass is 216 g/mol. The van der Waals surface area contributed by atoms with E-state index in [1.54, 1.807) is 17.8 Å². The second-order valence-corrected chi connectivity index (χ2v) is 4.23. The largest absolute Gasteiger partial charge is 0.379 e. The van der Waals surface area contributed by atoms with Crippen molar-refractivity contribution in [1.29, 1.82) is 0 Å². The minimum atomic E-state index is -1.00. The minimum absolute atomic E-state index is 0.793. The highest BCUT2D eigenvalue weighted by atomic mass is 16.3. The summed E-state index contributed by atoms with van der Waals surface area (Å²) in [4.78, 5) is 0. The third kappa shape index (κ3) is 1.63. The van der Waals surface area contributed by atoms with Crippen LogP contribution in [0.25, 0.3) is 0 Å². The van der Waals surface area contributed by atoms with Gasteiger partial charge in [-0.1, -0.05) is 24.3 Å². The van der Waals surface area contributed by atoms with Gasteiger partial charge in [0.15, 0.2) is 0 Å². The van der Waals surface area contributed by atoms with E-state index in [4.69, 9.17) is 0 Å². The summed E-state index contributed by atoms with van der Waals surface area (Å²) in [5, 5.41) is 14.7. The van der Waals surface area contributed by atoms with Gasteiger partial charge in [0.05, 0.1) is 5.69 Å². The van der Waals surface area contributed by atoms with E-state index in [2.05, 4.69) is 5.10 Å². The predicted molar refractivity (Wildman–Crippen MR) is 63.1 cm³/mol. The summed E-state index contributed by atoms with van der Waals surface area (Å²) in [5.74, 6) is 0. The molecule has 1 aromatic carbocycles. The molecule has 0 aliphatic carbocycles. The van der Waals surface area contributed by atoms with Gasteiger partial charge in [-0.25, -0.2) is 0 Å². The third-order valence-corrected chi connectivity index (χ3v) is 2.99. The number of hydrogen-bond acceptors (Lipinski definition) is 2. The predicted octanol–water partition coefficient (Wildman–Crippen LogP) is 1.98. The molecular weight excluding hydrogens is 200 g/mol. The summed E-state index contributed by atoms with van der Waals surface area (Å²) < 4.78 is 1.70. The molecule has 2 rings (SSSR count). The molecule has 0 bridgehead atoms. The molecule has 3 heteroatoms. The molecule has 0 radical (unpaired) electrons. The van der Waals surface area contributed by atoms with Crippen LogP contribution in [0.3, 0.4) is 0 Å². The van der Waals surface area contributed by atoms with Gasteiger partial charge in [0.2, 0.25) is 0 Å². The van der Waals surface area contributed by atoms with E-state index in [-0.39, 0.29) is 0 Å². The van der Waals surface area contributed by atoms with Crippen molar-refractivity contribution in [2.45, 2.75) is 19.4 Å². The van der Waals surface area contributed by atoms with Crippen molar-refractivity contribution in [2.75, 3.05) is 0 Å². The first-order valence-electron chi connectivity index (χ1n) is 5.30. The smallest absolute Gasteiger partial charge is 0.129 e. The Labute approximate surface area is 95.3 Å². The Balaban J connectivity index is 2.55. The van der Waals surface area contributed by atoms with Gasteiger partial charge >= 0.3 is 0 Å². The summed E-state index contributed by atoms with van der Waals surface area (Å²) in [6.07, 6.45) is 1.70. The van der Waals surface area contributed by atoms with Crippen molar-refractivity contribution < 1.29 is 5.11 Å². The van der Waals surface area contributed by atoms with E-state index < -0.39 is 5.60 Å². The van der Waals surface area contributed by atoms with E-state index in [1.807, 2.05) is 44.3 Å². The molecule has 1 N–H and O–H groups in total. The molecule has 1 heterocycles. The van der Waals surface area contributed by atoms with Gasteiger partial charge in [0.1, 0.15) is 5.60 Å². The van der Waals surface area contributed by atoms with E-state index >= 15 is 0 Å². The van der Waals surface area contributed by atoms with Crippen LogP contribution >= 0.6 is 0 Å². The molecular formula is C13H16N2O. The fourth-order valence-electron chi connectivity index (χ4n) is 2.11. The molecule has 0 saturated heterocycles. The second kappa shape index (κ2) is 3.76. The van der Waals surface area contributed by atoms with Crippen molar-refractivity contribution in [3.63, 3.8) is 0 Å². The molecule has 0 aliphatic rings. The van der Waals surface area contributed by atoms with E-state index in [0.29, 0.717) is 0 Å². The molecule has 2 aromatic rings. The van der Waals surface area contributed by atoms with E-state index in [0.717, 1.165) is 16.8 Å². The van der Waals surface area contributed by atoms with Crippen LogP contribution < -0.4 is 0 Å². The van der Waals surface area contributed by atoms with Crippen LogP contribution in [0.1, 0.15) is 23.7 Å². The van der Waals surface area contributed by atoms with Gasteiger partial charge in [-0.3, -0.25) is 4.68 Å². The molecule has 3 nitrogen and oxygen atoms in total. The molecule has 1 aromatic heterocycles. The van der Waals surface area contributed by atoms with Crippen LogP contribution in [0.4, 0.5) is 0 Å². The Morgan fingerprint density at radius 2 is 1.94 bits per heavy atom. The van der Waals surface area contributed by atoms with Crippen molar-refractivity contribution >= 4 is 0 Å². The highest BCUT2D eigenvalue weighted by Gasteiger charge is 2.29. The molecule has 1 unspecified atom stereocenters. The van der Waals surface area contributed by atoms with Crippen LogP contribution in [0.5, 0.6) is 0 Å². The number of benzene rings is 1. The molecule has 0 fully saturated rings. The lowest BCUT2D eigenvalue weighted by Crippen LogP contribution is -2.27. The number of aryl methyl sites for hydroxylation is 2. The number of nitrogens with zero attached hydrogens (tertiary/aromatic N) is 2. The minimum Gasteiger partial charge on any atom is -0.379 e. The van der Waals surface area contributed by atoms with Gasteiger partial charge in [-0.05, 0) is 31.0 Å². The molecule has 16 heavy (non-hydrogen) atoms. The summed E-state index contributed by atoms with van der Waals surface area (Å²) >= 11 is 0. The SMILES string of the molecule is Cc1ccccc1C(C)(O)c1ccnn1C. The number of aliphatic hydroxyl groups is 1. The lowest BCUT2D eigenvalue weighted by atomic mass is 9.89. The van der Waals surface area contributed by atoms with Crippen LogP contribution in [0.15, 0.2) is 36.5 Å². The van der Waals surface area contributed by atoms with Crippen LogP contribution in [0, 0.1) is 6.92 Å². The number of aromatic nitrogens is 2. The van der Waals surface area contributed by atoms with Gasteiger partial charge < -0.3 is 5.11 Å². The number of hydrogen-bond donors (Lipinski definition) is 1. The van der Waals surface area contributed by atoms with Crippen LogP contribution in [-0.4, -0.2) is 14.9 Å². The first-order chi connectivity index (χ1) is 7.53. The first-order valence-corrected chi connectivity index (χ1v) is 5.30. The highest BCUT2D eigenvalue weighted by Crippen LogP contribution is 2.30. The van der Waals surface area contributed by atoms with Gasteiger partial charge in [0.25, 0.3) is 0 Å². The molecule has 0 amide bonds.